The van der Waals surface area contributed by atoms with Crippen LogP contribution in [0.15, 0.2) is 42.5 Å². The number of fused-ring (bicyclic) bond motifs is 1. The topological polar surface area (TPSA) is 87.7 Å². The Bertz CT molecular complexity index is 1250. The Morgan fingerprint density at radius 2 is 1.61 bits per heavy atom. The van der Waals surface area contributed by atoms with Gasteiger partial charge in [0.25, 0.3) is 5.91 Å². The molecule has 6 aliphatic rings. The van der Waals surface area contributed by atoms with Gasteiger partial charge in [-0.1, -0.05) is 30.3 Å². The second-order valence-electron chi connectivity index (χ2n) is 12.3. The molecule has 2 aliphatic heterocycles. The van der Waals surface area contributed by atoms with Gasteiger partial charge in [0.15, 0.2) is 0 Å². The number of nitrogens with zero attached hydrogens (tertiary/aromatic N) is 1. The first-order valence-corrected chi connectivity index (χ1v) is 14.2. The molecule has 5 fully saturated rings. The second-order valence-corrected chi connectivity index (χ2v) is 12.3. The van der Waals surface area contributed by atoms with Crippen molar-refractivity contribution in [2.24, 2.45) is 17.8 Å². The summed E-state index contributed by atoms with van der Waals surface area (Å²) >= 11 is 0. The number of nitrogens with one attached hydrogen (secondary N) is 2. The molecule has 7 nitrogen and oxygen atoms in total. The summed E-state index contributed by atoms with van der Waals surface area (Å²) in [6.07, 6.45) is 9.05. The van der Waals surface area contributed by atoms with Crippen molar-refractivity contribution >= 4 is 17.7 Å². The molecule has 1 saturated heterocycles. The number of piperidine rings is 1. The predicted octanol–water partition coefficient (Wildman–Crippen LogP) is 4.09. The molecule has 1 atom stereocenters. The summed E-state index contributed by atoms with van der Waals surface area (Å²) in [5.41, 5.74) is 4.11. The van der Waals surface area contributed by atoms with Crippen molar-refractivity contribution in [3.8, 4) is 5.75 Å². The quantitative estimate of drug-likeness (QED) is 0.545. The molecule has 1 unspecified atom stereocenters. The third kappa shape index (κ3) is 4.31. The SMILES string of the molecule is O=C1CCC(N2Cc3c(OCc4ccc(CNC56CC7CC(CC(C7)C5)C6)cc4)cccc3C2=O)C(=O)N1. The Labute approximate surface area is 223 Å². The highest BCUT2D eigenvalue weighted by atomic mass is 16.5. The molecule has 2 aromatic rings. The number of carbonyl (C=O) groups is 3. The summed E-state index contributed by atoms with van der Waals surface area (Å²) in [5, 5.41) is 6.33. The lowest BCUT2D eigenvalue weighted by atomic mass is 9.53. The number of ether oxygens (including phenoxy) is 1. The molecule has 2 aromatic carbocycles. The van der Waals surface area contributed by atoms with E-state index in [0.29, 0.717) is 36.4 Å². The fraction of sp³-hybridized carbons (Fsp3) is 0.516. The lowest BCUT2D eigenvalue weighted by Gasteiger charge is -2.57. The Hall–Kier alpha value is -3.19. The molecule has 8 rings (SSSR count). The average molecular weight is 514 g/mol. The zero-order valence-electron chi connectivity index (χ0n) is 21.7. The monoisotopic (exact) mass is 513 g/mol. The van der Waals surface area contributed by atoms with Crippen molar-refractivity contribution in [1.29, 1.82) is 0 Å². The third-order valence-electron chi connectivity index (χ3n) is 9.66. The smallest absolute Gasteiger partial charge is 0.255 e. The van der Waals surface area contributed by atoms with Gasteiger partial charge in [0.05, 0.1) is 6.54 Å². The number of hydrogen-bond acceptors (Lipinski definition) is 5. The van der Waals surface area contributed by atoms with E-state index in [1.165, 1.54) is 44.1 Å². The van der Waals surface area contributed by atoms with Gasteiger partial charge in [-0.25, -0.2) is 0 Å². The van der Waals surface area contributed by atoms with Gasteiger partial charge in [-0.2, -0.15) is 0 Å². The van der Waals surface area contributed by atoms with Crippen LogP contribution in [0.4, 0.5) is 0 Å². The standard InChI is InChI=1S/C31H35N3O4/c35-28-9-8-26(29(36)33-28)34-17-25-24(30(34)37)2-1-3-27(25)38-18-20-6-4-19(5-7-20)16-32-31-13-21-10-22(14-31)12-23(11-21)15-31/h1-7,21-23,26,32H,8-18H2,(H,33,35,36). The van der Waals surface area contributed by atoms with E-state index >= 15 is 0 Å². The van der Waals surface area contributed by atoms with Gasteiger partial charge in [-0.05, 0) is 86.0 Å². The number of rotatable bonds is 7. The van der Waals surface area contributed by atoms with Gasteiger partial charge in [0.1, 0.15) is 18.4 Å². The molecule has 4 bridgehead atoms. The van der Waals surface area contributed by atoms with Crippen LogP contribution in [-0.4, -0.2) is 34.2 Å². The largest absolute Gasteiger partial charge is 0.489 e. The molecular formula is C31H35N3O4. The molecular weight excluding hydrogens is 478 g/mol. The molecule has 0 aromatic heterocycles. The van der Waals surface area contributed by atoms with Crippen LogP contribution in [0, 0.1) is 17.8 Å². The molecule has 0 radical (unpaired) electrons. The number of amides is 3. The van der Waals surface area contributed by atoms with Crippen LogP contribution in [-0.2, 0) is 29.3 Å². The van der Waals surface area contributed by atoms with E-state index in [0.717, 1.165) is 35.4 Å². The number of imide groups is 1. The van der Waals surface area contributed by atoms with Crippen molar-refractivity contribution in [2.45, 2.75) is 82.6 Å². The van der Waals surface area contributed by atoms with Crippen molar-refractivity contribution < 1.29 is 19.1 Å². The molecule has 38 heavy (non-hydrogen) atoms. The normalized spacial score (nSPS) is 31.5. The van der Waals surface area contributed by atoms with E-state index in [-0.39, 0.29) is 18.2 Å². The minimum absolute atomic E-state index is 0.184. The first-order valence-electron chi connectivity index (χ1n) is 14.2. The fourth-order valence-electron chi connectivity index (χ4n) is 8.22. The highest BCUT2D eigenvalue weighted by molar-refractivity contribution is 6.05. The fourth-order valence-corrected chi connectivity index (χ4v) is 8.22. The van der Waals surface area contributed by atoms with Gasteiger partial charge in [-0.3, -0.25) is 19.7 Å². The maximum absolute atomic E-state index is 13.0. The summed E-state index contributed by atoms with van der Waals surface area (Å²) in [6.45, 7) is 1.63. The summed E-state index contributed by atoms with van der Waals surface area (Å²) in [6, 6.07) is 13.5. The molecule has 2 heterocycles. The lowest BCUT2D eigenvalue weighted by molar-refractivity contribution is -0.136. The Morgan fingerprint density at radius 3 is 2.29 bits per heavy atom. The number of carbonyl (C=O) groups excluding carboxylic acids is 3. The maximum atomic E-state index is 13.0. The number of hydrogen-bond donors (Lipinski definition) is 2. The summed E-state index contributed by atoms with van der Waals surface area (Å²) in [7, 11) is 0. The Kier molecular flexibility index (Phi) is 5.80. The van der Waals surface area contributed by atoms with Crippen molar-refractivity contribution in [3.63, 3.8) is 0 Å². The third-order valence-corrected chi connectivity index (χ3v) is 9.66. The van der Waals surface area contributed by atoms with Crippen LogP contribution in [0.3, 0.4) is 0 Å². The Morgan fingerprint density at radius 1 is 0.921 bits per heavy atom. The molecule has 0 spiro atoms. The highest BCUT2D eigenvalue weighted by Gasteiger charge is 2.50. The van der Waals surface area contributed by atoms with Crippen molar-refractivity contribution in [1.82, 2.24) is 15.5 Å². The van der Waals surface area contributed by atoms with Crippen molar-refractivity contribution in [3.05, 3.63) is 64.7 Å². The summed E-state index contributed by atoms with van der Waals surface area (Å²) in [4.78, 5) is 38.5. The first kappa shape index (κ1) is 23.9. The highest BCUT2D eigenvalue weighted by Crippen LogP contribution is 2.55. The first-order chi connectivity index (χ1) is 18.4. The minimum atomic E-state index is -0.625. The maximum Gasteiger partial charge on any atom is 0.255 e. The summed E-state index contributed by atoms with van der Waals surface area (Å²) < 4.78 is 6.18. The number of benzene rings is 2. The average Bonchev–Trinajstić information content (AvgIpc) is 3.23. The van der Waals surface area contributed by atoms with Gasteiger partial charge in [-0.15, -0.1) is 0 Å². The van der Waals surface area contributed by atoms with Crippen LogP contribution < -0.4 is 15.4 Å². The van der Waals surface area contributed by atoms with Crippen LogP contribution in [0.5, 0.6) is 5.75 Å². The Balaban J connectivity index is 0.973. The molecule has 198 valence electrons. The van der Waals surface area contributed by atoms with Gasteiger partial charge in [0.2, 0.25) is 11.8 Å². The molecule has 4 aliphatic carbocycles. The zero-order valence-corrected chi connectivity index (χ0v) is 21.7. The van der Waals surface area contributed by atoms with Crippen LogP contribution >= 0.6 is 0 Å². The van der Waals surface area contributed by atoms with E-state index < -0.39 is 11.9 Å². The molecule has 2 N–H and O–H groups in total. The lowest BCUT2D eigenvalue weighted by Crippen LogP contribution is -2.58. The van der Waals surface area contributed by atoms with E-state index in [9.17, 15) is 14.4 Å². The zero-order chi connectivity index (χ0) is 25.9. The van der Waals surface area contributed by atoms with Gasteiger partial charge in [0, 0.05) is 29.6 Å². The molecule has 7 heteroatoms. The second kappa shape index (κ2) is 9.23. The van der Waals surface area contributed by atoms with Crippen LogP contribution in [0.25, 0.3) is 0 Å². The predicted molar refractivity (Wildman–Crippen MR) is 141 cm³/mol. The summed E-state index contributed by atoms with van der Waals surface area (Å²) in [5.74, 6) is 2.63. The van der Waals surface area contributed by atoms with Gasteiger partial charge >= 0.3 is 0 Å². The van der Waals surface area contributed by atoms with E-state index in [4.69, 9.17) is 4.74 Å². The molecule has 4 saturated carbocycles. The minimum Gasteiger partial charge on any atom is -0.489 e. The van der Waals surface area contributed by atoms with Crippen LogP contribution in [0.1, 0.15) is 78.4 Å². The van der Waals surface area contributed by atoms with E-state index in [1.54, 1.807) is 11.0 Å². The van der Waals surface area contributed by atoms with Gasteiger partial charge < -0.3 is 15.0 Å². The van der Waals surface area contributed by atoms with Crippen molar-refractivity contribution in [2.75, 3.05) is 0 Å². The van der Waals surface area contributed by atoms with E-state index in [2.05, 4.69) is 34.9 Å². The van der Waals surface area contributed by atoms with E-state index in [1.807, 2.05) is 12.1 Å². The van der Waals surface area contributed by atoms with Crippen LogP contribution in [0.2, 0.25) is 0 Å². The molecule has 3 amide bonds.